The van der Waals surface area contributed by atoms with E-state index in [1.807, 2.05) is 13.8 Å². The van der Waals surface area contributed by atoms with Crippen molar-refractivity contribution >= 4 is 0 Å². The predicted molar refractivity (Wildman–Crippen MR) is 33.3 cm³/mol. The van der Waals surface area contributed by atoms with E-state index in [9.17, 15) is 0 Å². The van der Waals surface area contributed by atoms with E-state index >= 15 is 0 Å². The molecule has 0 fully saturated rings. The van der Waals surface area contributed by atoms with Gasteiger partial charge in [0, 0.05) is 0 Å². The molecule has 0 saturated carbocycles. The first-order valence-electron chi connectivity index (χ1n) is 2.79. The minimum Gasteiger partial charge on any atom is -0.305 e. The van der Waals surface area contributed by atoms with Gasteiger partial charge in [-0.05, 0) is 13.0 Å². The predicted octanol–water partition coefficient (Wildman–Crippen LogP) is 0.754. The molecule has 0 amide bonds. The van der Waals surface area contributed by atoms with Crippen molar-refractivity contribution in [2.45, 2.75) is 19.9 Å². The molecule has 1 N–H and O–H groups in total. The summed E-state index contributed by atoms with van der Waals surface area (Å²) in [6.45, 7) is 4.04. The molecule has 8 heavy (non-hydrogen) atoms. The summed E-state index contributed by atoms with van der Waals surface area (Å²) in [6.07, 6.45) is 0. The average Bonchev–Trinajstić information content (AvgIpc) is 1.69. The monoisotopic (exact) mass is 112 g/mol. The van der Waals surface area contributed by atoms with E-state index in [-0.39, 0.29) is 6.04 Å². The van der Waals surface area contributed by atoms with Gasteiger partial charge in [0.1, 0.15) is 0 Å². The number of nitrogens with one attached hydrogen (secondary N) is 1. The number of hydrogen-bond donors (Lipinski definition) is 1. The van der Waals surface area contributed by atoms with Crippen LogP contribution in [0.2, 0.25) is 0 Å². The minimum atomic E-state index is 0.00926. The summed E-state index contributed by atoms with van der Waals surface area (Å²) in [5.41, 5.74) is 0. The highest BCUT2D eigenvalue weighted by Crippen LogP contribution is 1.97. The molecule has 0 spiro atoms. The normalized spacial score (nSPS) is 13.4. The van der Waals surface area contributed by atoms with Gasteiger partial charge in [-0.25, -0.2) is 0 Å². The minimum absolute atomic E-state index is 0.00926. The van der Waals surface area contributed by atoms with Gasteiger partial charge in [-0.3, -0.25) is 0 Å². The van der Waals surface area contributed by atoms with E-state index in [2.05, 4.69) is 11.4 Å². The first kappa shape index (κ1) is 7.45. The van der Waals surface area contributed by atoms with Crippen LogP contribution in [0.4, 0.5) is 0 Å². The molecular weight excluding hydrogens is 100 g/mol. The van der Waals surface area contributed by atoms with Crippen molar-refractivity contribution in [2.24, 2.45) is 5.92 Å². The van der Waals surface area contributed by atoms with Crippen molar-refractivity contribution in [3.63, 3.8) is 0 Å². The van der Waals surface area contributed by atoms with Crippen LogP contribution in [0.1, 0.15) is 13.8 Å². The second-order valence-corrected chi connectivity index (χ2v) is 2.14. The Morgan fingerprint density at radius 1 is 1.50 bits per heavy atom. The molecule has 0 radical (unpaired) electrons. The first-order valence-corrected chi connectivity index (χ1v) is 2.79. The molecule has 0 saturated heterocycles. The molecule has 0 aromatic rings. The zero-order valence-corrected chi connectivity index (χ0v) is 5.60. The maximum absolute atomic E-state index is 8.38. The maximum Gasteiger partial charge on any atom is 0.0973 e. The quantitative estimate of drug-likeness (QED) is 0.572. The van der Waals surface area contributed by atoms with Gasteiger partial charge in [-0.15, -0.1) is 0 Å². The summed E-state index contributed by atoms with van der Waals surface area (Å²) in [7, 11) is 1.80. The summed E-state index contributed by atoms with van der Waals surface area (Å²) in [5, 5.41) is 11.3. The molecule has 0 aliphatic heterocycles. The molecule has 0 heterocycles. The second kappa shape index (κ2) is 3.45. The van der Waals surface area contributed by atoms with Crippen molar-refractivity contribution in [1.29, 1.82) is 5.26 Å². The lowest BCUT2D eigenvalue weighted by Crippen LogP contribution is -2.28. The van der Waals surface area contributed by atoms with E-state index in [4.69, 9.17) is 5.26 Å². The van der Waals surface area contributed by atoms with Crippen LogP contribution in [-0.2, 0) is 0 Å². The zero-order chi connectivity index (χ0) is 6.57. The van der Waals surface area contributed by atoms with Gasteiger partial charge in [0.05, 0.1) is 12.1 Å². The average molecular weight is 112 g/mol. The van der Waals surface area contributed by atoms with E-state index in [1.54, 1.807) is 7.05 Å². The number of nitriles is 1. The zero-order valence-electron chi connectivity index (χ0n) is 5.60. The molecule has 0 rings (SSSR count). The van der Waals surface area contributed by atoms with Crippen molar-refractivity contribution in [1.82, 2.24) is 5.32 Å². The van der Waals surface area contributed by atoms with Gasteiger partial charge < -0.3 is 5.32 Å². The Kier molecular flexibility index (Phi) is 3.21. The Labute approximate surface area is 50.5 Å². The van der Waals surface area contributed by atoms with Crippen molar-refractivity contribution < 1.29 is 0 Å². The van der Waals surface area contributed by atoms with Crippen LogP contribution in [0.25, 0.3) is 0 Å². The highest BCUT2D eigenvalue weighted by Gasteiger charge is 2.06. The molecular formula is C6H12N2. The SMILES string of the molecule is CN[C@H](C#N)C(C)C. The Balaban J connectivity index is 3.57. The molecule has 1 atom stereocenters. The summed E-state index contributed by atoms with van der Waals surface area (Å²) in [5.74, 6) is 0.407. The lowest BCUT2D eigenvalue weighted by Gasteiger charge is -2.09. The number of hydrogen-bond acceptors (Lipinski definition) is 2. The fourth-order valence-electron chi connectivity index (χ4n) is 0.547. The van der Waals surface area contributed by atoms with Gasteiger partial charge >= 0.3 is 0 Å². The maximum atomic E-state index is 8.38. The fraction of sp³-hybridized carbons (Fsp3) is 0.833. The van der Waals surface area contributed by atoms with Crippen LogP contribution in [-0.4, -0.2) is 13.1 Å². The van der Waals surface area contributed by atoms with Gasteiger partial charge in [0.25, 0.3) is 0 Å². The molecule has 0 aromatic carbocycles. The fourth-order valence-corrected chi connectivity index (χ4v) is 0.547. The molecule has 0 bridgehead atoms. The van der Waals surface area contributed by atoms with Gasteiger partial charge in [-0.1, -0.05) is 13.8 Å². The van der Waals surface area contributed by atoms with Crippen LogP contribution < -0.4 is 5.32 Å². The smallest absolute Gasteiger partial charge is 0.0973 e. The van der Waals surface area contributed by atoms with E-state index < -0.39 is 0 Å². The summed E-state index contributed by atoms with van der Waals surface area (Å²) in [4.78, 5) is 0. The lowest BCUT2D eigenvalue weighted by molar-refractivity contribution is 0.508. The summed E-state index contributed by atoms with van der Waals surface area (Å²) in [6, 6.07) is 2.15. The van der Waals surface area contributed by atoms with Crippen LogP contribution in [0.15, 0.2) is 0 Å². The first-order chi connectivity index (χ1) is 3.72. The molecule has 0 aliphatic rings. The van der Waals surface area contributed by atoms with Crippen LogP contribution >= 0.6 is 0 Å². The van der Waals surface area contributed by atoms with Gasteiger partial charge in [0.15, 0.2) is 0 Å². The van der Waals surface area contributed by atoms with Crippen molar-refractivity contribution in [2.75, 3.05) is 7.05 Å². The lowest BCUT2D eigenvalue weighted by atomic mass is 10.1. The van der Waals surface area contributed by atoms with E-state index in [0.717, 1.165) is 0 Å². The van der Waals surface area contributed by atoms with Crippen molar-refractivity contribution in [3.05, 3.63) is 0 Å². The third-order valence-corrected chi connectivity index (χ3v) is 1.12. The Morgan fingerprint density at radius 3 is 2.00 bits per heavy atom. The highest BCUT2D eigenvalue weighted by atomic mass is 14.9. The molecule has 0 aliphatic carbocycles. The molecule has 0 aromatic heterocycles. The third kappa shape index (κ3) is 1.94. The third-order valence-electron chi connectivity index (χ3n) is 1.12. The Morgan fingerprint density at radius 2 is 2.00 bits per heavy atom. The van der Waals surface area contributed by atoms with Crippen molar-refractivity contribution in [3.8, 4) is 6.07 Å². The van der Waals surface area contributed by atoms with Crippen LogP contribution in [0.3, 0.4) is 0 Å². The van der Waals surface area contributed by atoms with Gasteiger partial charge in [0.2, 0.25) is 0 Å². The summed E-state index contributed by atoms with van der Waals surface area (Å²) < 4.78 is 0. The van der Waals surface area contributed by atoms with Crippen LogP contribution in [0, 0.1) is 17.2 Å². The Bertz CT molecular complexity index is 91.2. The van der Waals surface area contributed by atoms with E-state index in [0.29, 0.717) is 5.92 Å². The van der Waals surface area contributed by atoms with Crippen LogP contribution in [0.5, 0.6) is 0 Å². The highest BCUT2D eigenvalue weighted by molar-refractivity contribution is 4.90. The Hall–Kier alpha value is -0.550. The van der Waals surface area contributed by atoms with E-state index in [1.165, 1.54) is 0 Å². The second-order valence-electron chi connectivity index (χ2n) is 2.14. The number of nitrogens with zero attached hydrogens (tertiary/aromatic N) is 1. The molecule has 2 nitrogen and oxygen atoms in total. The standard InChI is InChI=1S/C6H12N2/c1-5(2)6(4-7)8-3/h5-6,8H,1-3H3/t6-/m1/s1. The molecule has 0 unspecified atom stereocenters. The molecule has 2 heteroatoms. The summed E-state index contributed by atoms with van der Waals surface area (Å²) >= 11 is 0. The largest absolute Gasteiger partial charge is 0.305 e. The number of rotatable bonds is 2. The topological polar surface area (TPSA) is 35.8 Å². The van der Waals surface area contributed by atoms with Gasteiger partial charge in [-0.2, -0.15) is 5.26 Å². The molecule has 46 valence electrons.